The number of allylic oxidation sites excluding steroid dienone is 2. The van der Waals surface area contributed by atoms with Crippen molar-refractivity contribution in [2.75, 3.05) is 26.7 Å². The summed E-state index contributed by atoms with van der Waals surface area (Å²) < 4.78 is 28.8. The van der Waals surface area contributed by atoms with Gasteiger partial charge in [0.05, 0.1) is 5.70 Å². The highest BCUT2D eigenvalue weighted by molar-refractivity contribution is 7.87. The average molecular weight is 342 g/mol. The minimum Gasteiger partial charge on any atom is -0.320 e. The van der Waals surface area contributed by atoms with E-state index in [-0.39, 0.29) is 5.41 Å². The Labute approximate surface area is 141 Å². The Morgan fingerprint density at radius 1 is 1.43 bits per heavy atom. The summed E-state index contributed by atoms with van der Waals surface area (Å²) in [6.45, 7) is 13.8. The minimum atomic E-state index is -3.44. The second-order valence-corrected chi connectivity index (χ2v) is 7.37. The van der Waals surface area contributed by atoms with E-state index in [1.165, 1.54) is 4.31 Å². The Morgan fingerprint density at radius 3 is 2.61 bits per heavy atom. The van der Waals surface area contributed by atoms with Crippen LogP contribution in [0.3, 0.4) is 0 Å². The summed E-state index contributed by atoms with van der Waals surface area (Å²) in [4.78, 5) is 0. The molecule has 0 spiro atoms. The number of hydrogen-bond acceptors (Lipinski definition) is 3. The fourth-order valence-corrected chi connectivity index (χ4v) is 4.61. The van der Waals surface area contributed by atoms with Crippen molar-refractivity contribution in [3.63, 3.8) is 0 Å². The Bertz CT molecular complexity index is 593. The molecule has 2 rings (SSSR count). The maximum Gasteiger partial charge on any atom is 0.301 e. The Balaban J connectivity index is 0.00000127. The zero-order valence-corrected chi connectivity index (χ0v) is 15.9. The maximum absolute atomic E-state index is 12.3. The van der Waals surface area contributed by atoms with E-state index >= 15 is 0 Å². The van der Waals surface area contributed by atoms with Crippen LogP contribution in [0.25, 0.3) is 0 Å². The zero-order chi connectivity index (χ0) is 17.7. The van der Waals surface area contributed by atoms with Crippen molar-refractivity contribution >= 4 is 10.2 Å². The van der Waals surface area contributed by atoms with Gasteiger partial charge < -0.3 is 5.32 Å². The zero-order valence-electron chi connectivity index (χ0n) is 15.1. The summed E-state index contributed by atoms with van der Waals surface area (Å²) in [7, 11) is -1.52. The number of hydrogen-bond donors (Lipinski definition) is 2. The van der Waals surface area contributed by atoms with Crippen LogP contribution in [0.2, 0.25) is 0 Å². The topological polar surface area (TPSA) is 61.4 Å². The van der Waals surface area contributed by atoms with Crippen molar-refractivity contribution in [3.8, 4) is 0 Å². The van der Waals surface area contributed by atoms with E-state index < -0.39 is 10.2 Å². The Kier molecular flexibility index (Phi) is 7.04. The van der Waals surface area contributed by atoms with Crippen LogP contribution >= 0.6 is 0 Å². The highest BCUT2D eigenvalue weighted by atomic mass is 32.2. The molecule has 0 bridgehead atoms. The third-order valence-electron chi connectivity index (χ3n) is 4.48. The van der Waals surface area contributed by atoms with Gasteiger partial charge in [0, 0.05) is 18.5 Å². The van der Waals surface area contributed by atoms with E-state index in [1.807, 2.05) is 33.9 Å². The van der Waals surface area contributed by atoms with Crippen LogP contribution in [-0.2, 0) is 10.2 Å². The fourth-order valence-electron chi connectivity index (χ4n) is 3.22. The van der Waals surface area contributed by atoms with Crippen molar-refractivity contribution < 1.29 is 8.42 Å². The SMILES string of the molecule is C=C1CNS(=O)(=O)N2CC(CC)(CCNC)C(/C=C\C)=C12.CC. The van der Waals surface area contributed by atoms with Gasteiger partial charge in [-0.1, -0.05) is 39.5 Å². The van der Waals surface area contributed by atoms with Crippen molar-refractivity contribution in [1.29, 1.82) is 0 Å². The Hall–Kier alpha value is -1.11. The molecule has 132 valence electrons. The second kappa shape index (κ2) is 8.13. The molecule has 0 radical (unpaired) electrons. The molecule has 0 aromatic carbocycles. The molecule has 1 fully saturated rings. The van der Waals surface area contributed by atoms with Gasteiger partial charge in [0.2, 0.25) is 0 Å². The van der Waals surface area contributed by atoms with E-state index in [4.69, 9.17) is 0 Å². The number of nitrogens with zero attached hydrogens (tertiary/aromatic N) is 1. The predicted octanol–water partition coefficient (Wildman–Crippen LogP) is 2.57. The molecule has 0 aromatic heterocycles. The molecular formula is C17H31N3O2S. The van der Waals surface area contributed by atoms with E-state index in [0.29, 0.717) is 13.1 Å². The largest absolute Gasteiger partial charge is 0.320 e. The summed E-state index contributed by atoms with van der Waals surface area (Å²) in [5.41, 5.74) is 2.60. The molecule has 0 aliphatic carbocycles. The van der Waals surface area contributed by atoms with Gasteiger partial charge in [0.15, 0.2) is 0 Å². The predicted molar refractivity (Wildman–Crippen MR) is 97.2 cm³/mol. The van der Waals surface area contributed by atoms with Crippen molar-refractivity contribution in [2.24, 2.45) is 5.41 Å². The van der Waals surface area contributed by atoms with E-state index in [2.05, 4.69) is 29.6 Å². The van der Waals surface area contributed by atoms with Gasteiger partial charge in [-0.2, -0.15) is 13.1 Å². The molecule has 2 aliphatic rings. The van der Waals surface area contributed by atoms with E-state index in [0.717, 1.165) is 36.2 Å². The summed E-state index contributed by atoms with van der Waals surface area (Å²) in [5, 5.41) is 3.18. The van der Waals surface area contributed by atoms with Crippen LogP contribution in [0.15, 0.2) is 35.6 Å². The van der Waals surface area contributed by atoms with E-state index in [9.17, 15) is 8.42 Å². The highest BCUT2D eigenvalue weighted by Crippen LogP contribution is 2.48. The lowest BCUT2D eigenvalue weighted by Crippen LogP contribution is -2.46. The normalized spacial score (nSPS) is 26.3. The van der Waals surface area contributed by atoms with Crippen LogP contribution in [-0.4, -0.2) is 39.4 Å². The Morgan fingerprint density at radius 2 is 2.09 bits per heavy atom. The minimum absolute atomic E-state index is 0.146. The molecule has 1 saturated heterocycles. The number of rotatable bonds is 5. The second-order valence-electron chi connectivity index (χ2n) is 5.69. The third-order valence-corrected chi connectivity index (χ3v) is 5.88. The standard InChI is InChI=1S/C15H25N3O2S.C2H6/c1-5-7-13-14-12(3)10-17-21(19,20)18(14)11-15(13,6-2)8-9-16-4;1-2/h5,7,16-17H,3,6,8-11H2,1-2,4H3;1-2H3/b7-5-;. The van der Waals surface area contributed by atoms with Crippen LogP contribution in [0, 0.1) is 5.41 Å². The molecule has 0 amide bonds. The lowest BCUT2D eigenvalue weighted by molar-refractivity contribution is 0.294. The molecule has 1 unspecified atom stereocenters. The molecule has 2 aliphatic heterocycles. The van der Waals surface area contributed by atoms with Crippen LogP contribution in [0.1, 0.15) is 40.5 Å². The lowest BCUT2D eigenvalue weighted by Gasteiger charge is -2.32. The first-order chi connectivity index (χ1) is 10.9. The summed E-state index contributed by atoms with van der Waals surface area (Å²) in [5.74, 6) is 0. The monoisotopic (exact) mass is 341 g/mol. The lowest BCUT2D eigenvalue weighted by atomic mass is 9.75. The van der Waals surface area contributed by atoms with Crippen molar-refractivity contribution in [1.82, 2.24) is 14.3 Å². The van der Waals surface area contributed by atoms with Gasteiger partial charge in [-0.15, -0.1) is 0 Å². The van der Waals surface area contributed by atoms with Gasteiger partial charge in [-0.05, 0) is 44.5 Å². The molecule has 0 aromatic rings. The van der Waals surface area contributed by atoms with Crippen molar-refractivity contribution in [2.45, 2.75) is 40.5 Å². The van der Waals surface area contributed by atoms with Crippen molar-refractivity contribution in [3.05, 3.63) is 35.6 Å². The molecular weight excluding hydrogens is 310 g/mol. The molecule has 23 heavy (non-hydrogen) atoms. The van der Waals surface area contributed by atoms with Gasteiger partial charge in [-0.25, -0.2) is 0 Å². The highest BCUT2D eigenvalue weighted by Gasteiger charge is 2.48. The molecule has 6 heteroatoms. The average Bonchev–Trinajstić information content (AvgIpc) is 2.89. The number of nitrogens with one attached hydrogen (secondary N) is 2. The first-order valence-corrected chi connectivity index (χ1v) is 9.83. The smallest absolute Gasteiger partial charge is 0.301 e. The van der Waals surface area contributed by atoms with Gasteiger partial charge in [0.25, 0.3) is 0 Å². The van der Waals surface area contributed by atoms with E-state index in [1.54, 1.807) is 0 Å². The first-order valence-electron chi connectivity index (χ1n) is 8.39. The van der Waals surface area contributed by atoms with Gasteiger partial charge >= 0.3 is 10.2 Å². The molecule has 2 heterocycles. The third kappa shape index (κ3) is 3.70. The first kappa shape index (κ1) is 19.9. The molecule has 5 nitrogen and oxygen atoms in total. The van der Waals surface area contributed by atoms with Crippen LogP contribution in [0.5, 0.6) is 0 Å². The van der Waals surface area contributed by atoms with Crippen LogP contribution < -0.4 is 10.0 Å². The summed E-state index contributed by atoms with van der Waals surface area (Å²) >= 11 is 0. The maximum atomic E-state index is 12.3. The van der Waals surface area contributed by atoms with Gasteiger partial charge in [-0.3, -0.25) is 4.31 Å². The summed E-state index contributed by atoms with van der Waals surface area (Å²) in [6, 6.07) is 0. The molecule has 1 atom stereocenters. The molecule has 0 saturated carbocycles. The fraction of sp³-hybridized carbons (Fsp3) is 0.647. The van der Waals surface area contributed by atoms with Gasteiger partial charge in [0.1, 0.15) is 0 Å². The summed E-state index contributed by atoms with van der Waals surface area (Å²) in [6.07, 6.45) is 5.84. The number of fused-ring (bicyclic) bond motifs is 1. The van der Waals surface area contributed by atoms with Crippen LogP contribution in [0.4, 0.5) is 0 Å². The molecule has 2 N–H and O–H groups in total. The quantitative estimate of drug-likeness (QED) is 0.808.